The number of ether oxygens (including phenoxy) is 1. The predicted molar refractivity (Wildman–Crippen MR) is 314 cm³/mol. The van der Waals surface area contributed by atoms with Crippen LogP contribution in [0.2, 0.25) is 0 Å². The summed E-state index contributed by atoms with van der Waals surface area (Å²) in [4.78, 5) is 1.49. The summed E-state index contributed by atoms with van der Waals surface area (Å²) < 4.78 is 153. The highest BCUT2D eigenvalue weighted by Gasteiger charge is 2.45. The van der Waals surface area contributed by atoms with E-state index in [1.807, 2.05) is 73.6 Å². The van der Waals surface area contributed by atoms with E-state index in [0.29, 0.717) is 92.8 Å². The van der Waals surface area contributed by atoms with Crippen molar-refractivity contribution in [1.29, 1.82) is 5.26 Å². The lowest BCUT2D eigenvalue weighted by Crippen LogP contribution is -2.33. The zero-order chi connectivity index (χ0) is 59.0. The Bertz CT molecular complexity index is 3430. The van der Waals surface area contributed by atoms with Gasteiger partial charge in [0, 0.05) is 72.1 Å². The summed E-state index contributed by atoms with van der Waals surface area (Å²) in [6.45, 7) is 18.0. The summed E-state index contributed by atoms with van der Waals surface area (Å²) in [5, 5.41) is 9.35. The van der Waals surface area contributed by atoms with E-state index in [9.17, 15) is 57.1 Å². The highest BCUT2D eigenvalue weighted by molar-refractivity contribution is 7.86. The summed E-state index contributed by atoms with van der Waals surface area (Å²) in [5.74, 6) is -0.204. The van der Waals surface area contributed by atoms with Gasteiger partial charge in [-0.2, -0.15) is 43.5 Å². The van der Waals surface area contributed by atoms with Crippen molar-refractivity contribution in [3.63, 3.8) is 0 Å². The zero-order valence-corrected chi connectivity index (χ0v) is 51.2. The molecule has 1 atom stereocenters. The van der Waals surface area contributed by atoms with Crippen LogP contribution in [-0.2, 0) is 55.8 Å². The van der Waals surface area contributed by atoms with Crippen LogP contribution in [0.25, 0.3) is 5.57 Å². The number of fused-ring (bicyclic) bond motifs is 2. The van der Waals surface area contributed by atoms with E-state index in [1.54, 1.807) is 12.1 Å². The molecule has 0 bridgehead atoms. The van der Waals surface area contributed by atoms with Crippen molar-refractivity contribution in [2.75, 3.05) is 48.9 Å². The van der Waals surface area contributed by atoms with Crippen LogP contribution < -0.4 is 9.64 Å². The van der Waals surface area contributed by atoms with Gasteiger partial charge in [0.2, 0.25) is 5.69 Å². The third-order valence-corrected chi connectivity index (χ3v) is 20.5. The molecular formula is C57H78N4O14PS4+. The first-order valence-corrected chi connectivity index (χ1v) is 34.5. The highest BCUT2D eigenvalue weighted by atomic mass is 32.2. The molecule has 3 aromatic carbocycles. The van der Waals surface area contributed by atoms with Gasteiger partial charge in [-0.15, -0.1) is 0 Å². The number of allylic oxidation sites excluding steroid dienone is 8. The van der Waals surface area contributed by atoms with Crippen molar-refractivity contribution >= 4 is 71.4 Å². The van der Waals surface area contributed by atoms with E-state index in [4.69, 9.17) is 9.26 Å². The standard InChI is InChI=1S/C57H77N4O14PS4/c1-41(2)61(42(3)4)76(35-17-30-58)75-34-12-11-33-74-46-21-16-20-45(38-46)55-43(22-28-53-56(5,6)49-39-47(79(68,69)70)24-26-51(49)59(53)31-9-13-36-77(62,63)64)18-15-19-44(55)23-29-54-57(7,8)50-40-48(80(71,72)73)25-27-52(50)60(54)32-10-14-37-78(65,66)67/h16,20-29,38-42H,9-15,17-19,31-37H2,1-8H3,(H3-,62,63,64,65,66,67,68,69,70,71,72,73)/p+1. The quantitative estimate of drug-likeness (QED) is 0.0228. The summed E-state index contributed by atoms with van der Waals surface area (Å²) in [5.41, 5.74) is 6.36. The Kier molecular flexibility index (Phi) is 21.6. The fraction of sp³-hybridized carbons (Fsp3) is 0.509. The van der Waals surface area contributed by atoms with E-state index < -0.39 is 71.1 Å². The van der Waals surface area contributed by atoms with Crippen LogP contribution in [0.3, 0.4) is 0 Å². The first-order valence-electron chi connectivity index (χ1n) is 27.0. The second kappa shape index (κ2) is 26.7. The molecule has 0 fully saturated rings. The first-order chi connectivity index (χ1) is 37.3. The third kappa shape index (κ3) is 16.6. The minimum Gasteiger partial charge on any atom is -0.494 e. The molecule has 6 rings (SSSR count). The number of unbranched alkanes of at least 4 members (excludes halogenated alkanes) is 3. The lowest BCUT2D eigenvalue weighted by Gasteiger charge is -2.37. The van der Waals surface area contributed by atoms with Crippen molar-refractivity contribution in [1.82, 2.24) is 4.67 Å². The second-order valence-corrected chi connectivity index (χ2v) is 29.9. The van der Waals surface area contributed by atoms with Crippen LogP contribution in [-0.4, -0.2) is 123 Å². The number of nitrogens with zero attached hydrogens (tertiary/aromatic N) is 4. The second-order valence-electron chi connectivity index (χ2n) is 22.0. The number of hydrogen-bond donors (Lipinski definition) is 4. The number of rotatable bonds is 28. The molecule has 80 heavy (non-hydrogen) atoms. The van der Waals surface area contributed by atoms with Gasteiger partial charge < -0.3 is 14.2 Å². The van der Waals surface area contributed by atoms with Gasteiger partial charge in [0.05, 0.1) is 46.0 Å². The van der Waals surface area contributed by atoms with Crippen molar-refractivity contribution in [3.8, 4) is 11.8 Å². The molecule has 0 amide bonds. The minimum atomic E-state index is -4.56. The maximum absolute atomic E-state index is 12.4. The number of benzene rings is 3. The summed E-state index contributed by atoms with van der Waals surface area (Å²) in [7, 11) is -18.5. The molecule has 1 unspecified atom stereocenters. The molecule has 4 N–H and O–H groups in total. The fourth-order valence-corrected chi connectivity index (χ4v) is 15.3. The van der Waals surface area contributed by atoms with Crippen LogP contribution in [0, 0.1) is 11.3 Å². The number of nitriles is 1. The summed E-state index contributed by atoms with van der Waals surface area (Å²) in [6, 6.07) is 19.5. The fourth-order valence-electron chi connectivity index (χ4n) is 11.0. The number of hydrogen-bond acceptors (Lipinski definition) is 13. The smallest absolute Gasteiger partial charge is 0.294 e. The molecule has 3 aliphatic rings. The van der Waals surface area contributed by atoms with Crippen molar-refractivity contribution in [3.05, 3.63) is 119 Å². The Hall–Kier alpha value is -4.63. The Balaban J connectivity index is 1.43. The largest absolute Gasteiger partial charge is 0.494 e. The average Bonchev–Trinajstić information content (AvgIpc) is 3.80. The van der Waals surface area contributed by atoms with Gasteiger partial charge in [-0.3, -0.25) is 22.9 Å². The molecule has 0 aromatic heterocycles. The highest BCUT2D eigenvalue weighted by Crippen LogP contribution is 2.50. The van der Waals surface area contributed by atoms with Gasteiger partial charge in [0.15, 0.2) is 5.71 Å². The van der Waals surface area contributed by atoms with Crippen LogP contribution in [0.1, 0.15) is 136 Å². The van der Waals surface area contributed by atoms with E-state index in [1.165, 1.54) is 24.3 Å². The van der Waals surface area contributed by atoms with Crippen LogP contribution >= 0.6 is 8.30 Å². The summed E-state index contributed by atoms with van der Waals surface area (Å²) in [6.07, 6.45) is 13.8. The first kappa shape index (κ1) is 64.5. The maximum Gasteiger partial charge on any atom is 0.294 e. The average molecular weight is 1200 g/mol. The van der Waals surface area contributed by atoms with Gasteiger partial charge in [-0.05, 0) is 169 Å². The van der Waals surface area contributed by atoms with Crippen molar-refractivity contribution in [2.45, 2.75) is 152 Å². The molecule has 0 saturated carbocycles. The van der Waals surface area contributed by atoms with Gasteiger partial charge in [-0.1, -0.05) is 38.1 Å². The molecule has 18 nitrogen and oxygen atoms in total. The van der Waals surface area contributed by atoms with Gasteiger partial charge >= 0.3 is 0 Å². The molecule has 3 aromatic rings. The van der Waals surface area contributed by atoms with E-state index in [2.05, 4.69) is 50.6 Å². The Labute approximate surface area is 475 Å². The monoisotopic (exact) mass is 1200 g/mol. The van der Waals surface area contributed by atoms with Crippen molar-refractivity contribution < 1.29 is 65.7 Å². The predicted octanol–water partition coefficient (Wildman–Crippen LogP) is 11.2. The zero-order valence-electron chi connectivity index (χ0n) is 47.0. The Morgan fingerprint density at radius 1 is 0.738 bits per heavy atom. The Morgan fingerprint density at radius 3 is 1.99 bits per heavy atom. The molecule has 0 saturated heterocycles. The molecular weight excluding hydrogens is 1120 g/mol. The molecule has 0 spiro atoms. The molecule has 23 heteroatoms. The van der Waals surface area contributed by atoms with E-state index in [0.717, 1.165) is 53.0 Å². The summed E-state index contributed by atoms with van der Waals surface area (Å²) >= 11 is 0. The van der Waals surface area contributed by atoms with E-state index >= 15 is 0 Å². The van der Waals surface area contributed by atoms with E-state index in [-0.39, 0.29) is 34.7 Å². The Morgan fingerprint density at radius 2 is 1.36 bits per heavy atom. The van der Waals surface area contributed by atoms with Crippen LogP contribution in [0.5, 0.6) is 5.75 Å². The van der Waals surface area contributed by atoms with Gasteiger partial charge in [-0.25, -0.2) is 0 Å². The van der Waals surface area contributed by atoms with Crippen LogP contribution in [0.4, 0.5) is 11.4 Å². The lowest BCUT2D eigenvalue weighted by atomic mass is 9.79. The SMILES string of the molecule is CC(C)N(C(C)C)P(CCC#N)OCCCCOc1cccc(C2=C(/C=C/C3=[N+](CCCCS(=O)(=O)O)c4ccc(S(=O)(=O)O)cc4C3(C)C)CCC/C2=C\C=C2\N(CCCCS(=O)(=O)O)c3ccc(S(=O)(=O)O)cc3C2(C)C)c1. The molecule has 2 aliphatic heterocycles. The molecule has 438 valence electrons. The molecule has 2 heterocycles. The molecule has 0 radical (unpaired) electrons. The maximum atomic E-state index is 12.4. The van der Waals surface area contributed by atoms with Gasteiger partial charge in [0.25, 0.3) is 40.5 Å². The third-order valence-electron chi connectivity index (χ3n) is 14.7. The number of anilines is 1. The topological polar surface area (TPSA) is 269 Å². The molecule has 1 aliphatic carbocycles. The van der Waals surface area contributed by atoms with Crippen LogP contribution in [0.15, 0.2) is 112 Å². The lowest BCUT2D eigenvalue weighted by molar-refractivity contribution is -0.438. The normalized spacial score (nSPS) is 18.1. The minimum absolute atomic E-state index is 0.168. The van der Waals surface area contributed by atoms with Gasteiger partial charge in [0.1, 0.15) is 20.6 Å². The van der Waals surface area contributed by atoms with Crippen molar-refractivity contribution in [2.24, 2.45) is 0 Å².